The first-order valence-corrected chi connectivity index (χ1v) is 12.6. The van der Waals surface area contributed by atoms with Gasteiger partial charge in [0.2, 0.25) is 0 Å². The van der Waals surface area contributed by atoms with Crippen LogP contribution in [0.25, 0.3) is 32.9 Å². The van der Waals surface area contributed by atoms with Crippen LogP contribution in [0.3, 0.4) is 0 Å². The third-order valence-corrected chi connectivity index (χ3v) is 6.99. The second-order valence-corrected chi connectivity index (χ2v) is 10.1. The highest BCUT2D eigenvalue weighted by Gasteiger charge is 2.14. The summed E-state index contributed by atoms with van der Waals surface area (Å²) in [4.78, 5) is 9.46. The number of aliphatic hydroxyl groups excluding tert-OH is 1. The van der Waals surface area contributed by atoms with Crippen LogP contribution >= 0.6 is 0 Å². The van der Waals surface area contributed by atoms with E-state index in [9.17, 15) is 13.5 Å². The summed E-state index contributed by atoms with van der Waals surface area (Å²) in [6.45, 7) is 2.52. The average molecular weight is 474 g/mol. The maximum atomic E-state index is 11.7. The van der Waals surface area contributed by atoms with Gasteiger partial charge in [0.25, 0.3) is 0 Å². The van der Waals surface area contributed by atoms with Crippen molar-refractivity contribution >= 4 is 43.0 Å². The first-order valence-electron chi connectivity index (χ1n) is 10.7. The summed E-state index contributed by atoms with van der Waals surface area (Å²) in [6, 6.07) is 14.5. The van der Waals surface area contributed by atoms with Crippen LogP contribution in [0.1, 0.15) is 5.56 Å². The molecule has 0 radical (unpaired) electrons. The van der Waals surface area contributed by atoms with Gasteiger partial charge in [-0.15, -0.1) is 0 Å². The molecule has 0 unspecified atom stereocenters. The topological polar surface area (TPSA) is 110 Å². The fraction of sp³-hybridized carbons (Fsp3) is 0.160. The molecule has 5 rings (SSSR count). The van der Waals surface area contributed by atoms with Gasteiger partial charge in [-0.25, -0.2) is 13.4 Å². The molecule has 0 fully saturated rings. The van der Waals surface area contributed by atoms with Crippen molar-refractivity contribution in [3.8, 4) is 11.3 Å². The largest absolute Gasteiger partial charge is 0.394 e. The molecule has 0 aliphatic carbocycles. The number of sulfone groups is 1. The number of nitrogens with one attached hydrogen (secondary N) is 1. The van der Waals surface area contributed by atoms with E-state index in [0.717, 1.165) is 44.2 Å². The molecular formula is C25H23N5O3S. The molecule has 9 heteroatoms. The van der Waals surface area contributed by atoms with Crippen LogP contribution in [-0.4, -0.2) is 46.1 Å². The summed E-state index contributed by atoms with van der Waals surface area (Å²) >= 11 is 0. The number of nitrogens with zero attached hydrogens (tertiary/aromatic N) is 4. The molecule has 8 nitrogen and oxygen atoms in total. The predicted octanol–water partition coefficient (Wildman–Crippen LogP) is 4.09. The predicted molar refractivity (Wildman–Crippen MR) is 133 cm³/mol. The molecule has 3 heterocycles. The second kappa shape index (κ2) is 8.51. The molecule has 3 aromatic heterocycles. The second-order valence-electron chi connectivity index (χ2n) is 8.13. The minimum absolute atomic E-state index is 0.0300. The van der Waals surface area contributed by atoms with Crippen LogP contribution in [0.2, 0.25) is 0 Å². The molecular weight excluding hydrogens is 450 g/mol. The lowest BCUT2D eigenvalue weighted by Crippen LogP contribution is -2.03. The Labute approximate surface area is 196 Å². The van der Waals surface area contributed by atoms with E-state index in [1.54, 1.807) is 41.3 Å². The van der Waals surface area contributed by atoms with Crippen LogP contribution in [0.15, 0.2) is 72.0 Å². The number of hydrogen-bond donors (Lipinski definition) is 2. The molecule has 5 aromatic rings. The highest BCUT2D eigenvalue weighted by Crippen LogP contribution is 2.33. The number of aromatic nitrogens is 4. The van der Waals surface area contributed by atoms with Gasteiger partial charge in [-0.1, -0.05) is 6.07 Å². The molecule has 0 aliphatic rings. The molecule has 0 aliphatic heterocycles. The summed E-state index contributed by atoms with van der Waals surface area (Å²) in [6.07, 6.45) is 6.57. The molecule has 2 N–H and O–H groups in total. The number of aryl methyl sites for hydroxylation is 1. The molecule has 2 aromatic carbocycles. The minimum Gasteiger partial charge on any atom is -0.394 e. The maximum Gasteiger partial charge on any atom is 0.175 e. The SMILES string of the molecule is Cc1c(-c2nccc3cnc(Nc4ccc(S(C)(=O)=O)cc4)cc23)ccc2c1cnn2CCO. The number of fused-ring (bicyclic) bond motifs is 2. The molecule has 0 amide bonds. The van der Waals surface area contributed by atoms with Crippen molar-refractivity contribution < 1.29 is 13.5 Å². The molecule has 34 heavy (non-hydrogen) atoms. The van der Waals surface area contributed by atoms with Crippen LogP contribution in [0.4, 0.5) is 11.5 Å². The lowest BCUT2D eigenvalue weighted by atomic mass is 9.98. The Balaban J connectivity index is 1.55. The molecule has 0 bridgehead atoms. The van der Waals surface area contributed by atoms with E-state index in [2.05, 4.69) is 20.4 Å². The van der Waals surface area contributed by atoms with E-state index in [0.29, 0.717) is 12.4 Å². The zero-order valence-corrected chi connectivity index (χ0v) is 19.5. The Morgan fingerprint density at radius 3 is 2.53 bits per heavy atom. The van der Waals surface area contributed by atoms with E-state index in [4.69, 9.17) is 0 Å². The Morgan fingerprint density at radius 2 is 1.79 bits per heavy atom. The number of anilines is 2. The smallest absolute Gasteiger partial charge is 0.175 e. The Bertz CT molecular complexity index is 1630. The van der Waals surface area contributed by atoms with Gasteiger partial charge in [0.15, 0.2) is 9.84 Å². The van der Waals surface area contributed by atoms with Gasteiger partial charge < -0.3 is 10.4 Å². The van der Waals surface area contributed by atoms with Gasteiger partial charge in [-0.05, 0) is 55.0 Å². The van der Waals surface area contributed by atoms with Gasteiger partial charge in [-0.2, -0.15) is 5.10 Å². The Morgan fingerprint density at radius 1 is 1.00 bits per heavy atom. The molecule has 0 saturated heterocycles. The van der Waals surface area contributed by atoms with Crippen molar-refractivity contribution in [2.24, 2.45) is 0 Å². The van der Waals surface area contributed by atoms with Crippen LogP contribution in [0, 0.1) is 6.92 Å². The van der Waals surface area contributed by atoms with E-state index in [1.165, 1.54) is 6.26 Å². The van der Waals surface area contributed by atoms with Crippen LogP contribution in [0.5, 0.6) is 0 Å². The maximum absolute atomic E-state index is 11.7. The van der Waals surface area contributed by atoms with Gasteiger partial charge in [0.05, 0.1) is 35.5 Å². The van der Waals surface area contributed by atoms with Gasteiger partial charge in [-0.3, -0.25) is 9.67 Å². The fourth-order valence-corrected chi connectivity index (χ4v) is 4.73. The average Bonchev–Trinajstić information content (AvgIpc) is 3.23. The third-order valence-electron chi connectivity index (χ3n) is 5.87. The van der Waals surface area contributed by atoms with Crippen molar-refractivity contribution in [2.45, 2.75) is 18.4 Å². The third kappa shape index (κ3) is 4.00. The van der Waals surface area contributed by atoms with E-state index in [1.807, 2.05) is 37.4 Å². The van der Waals surface area contributed by atoms with E-state index in [-0.39, 0.29) is 11.5 Å². The number of aliphatic hydroxyl groups is 1. The summed E-state index contributed by atoms with van der Waals surface area (Å²) in [5.41, 5.74) is 4.60. The number of hydrogen-bond acceptors (Lipinski definition) is 7. The lowest BCUT2D eigenvalue weighted by molar-refractivity contribution is 0.271. The zero-order chi connectivity index (χ0) is 23.9. The fourth-order valence-electron chi connectivity index (χ4n) is 4.10. The van der Waals surface area contributed by atoms with E-state index >= 15 is 0 Å². The first kappa shape index (κ1) is 22.0. The van der Waals surface area contributed by atoms with Crippen molar-refractivity contribution in [1.29, 1.82) is 0 Å². The highest BCUT2D eigenvalue weighted by atomic mass is 32.2. The van der Waals surface area contributed by atoms with Gasteiger partial charge in [0, 0.05) is 46.1 Å². The Hall–Kier alpha value is -3.82. The normalized spacial score (nSPS) is 11.9. The summed E-state index contributed by atoms with van der Waals surface area (Å²) in [5, 5.41) is 19.9. The van der Waals surface area contributed by atoms with Gasteiger partial charge in [0.1, 0.15) is 5.82 Å². The highest BCUT2D eigenvalue weighted by molar-refractivity contribution is 7.90. The monoisotopic (exact) mass is 473 g/mol. The van der Waals surface area contributed by atoms with Crippen molar-refractivity contribution in [3.05, 3.63) is 72.7 Å². The van der Waals surface area contributed by atoms with Crippen LogP contribution < -0.4 is 5.32 Å². The lowest BCUT2D eigenvalue weighted by Gasteiger charge is -2.12. The van der Waals surface area contributed by atoms with E-state index < -0.39 is 9.84 Å². The number of pyridine rings is 2. The molecule has 0 spiro atoms. The standard InChI is InChI=1S/C25H23N5O3S/c1-16-20(7-8-23-22(16)15-28-30(23)11-12-31)25-21-13-24(27-14-17(21)9-10-26-25)29-18-3-5-19(6-4-18)34(2,32)33/h3-10,13-15,31H,11-12H2,1-2H3,(H,27,29). The molecule has 0 atom stereocenters. The first-order chi connectivity index (χ1) is 16.3. The van der Waals surface area contributed by atoms with Crippen molar-refractivity contribution in [1.82, 2.24) is 19.7 Å². The van der Waals surface area contributed by atoms with Crippen LogP contribution in [-0.2, 0) is 16.4 Å². The van der Waals surface area contributed by atoms with Crippen molar-refractivity contribution in [2.75, 3.05) is 18.2 Å². The minimum atomic E-state index is -3.25. The quantitative estimate of drug-likeness (QED) is 0.382. The molecule has 0 saturated carbocycles. The summed E-state index contributed by atoms with van der Waals surface area (Å²) < 4.78 is 25.2. The summed E-state index contributed by atoms with van der Waals surface area (Å²) in [5.74, 6) is 0.628. The molecule has 172 valence electrons. The number of benzene rings is 2. The van der Waals surface area contributed by atoms with Gasteiger partial charge >= 0.3 is 0 Å². The Kier molecular flexibility index (Phi) is 5.51. The zero-order valence-electron chi connectivity index (χ0n) is 18.7. The number of rotatable bonds is 6. The summed E-state index contributed by atoms with van der Waals surface area (Å²) in [7, 11) is -3.25. The van der Waals surface area contributed by atoms with Crippen molar-refractivity contribution in [3.63, 3.8) is 0 Å².